The summed E-state index contributed by atoms with van der Waals surface area (Å²) in [4.78, 5) is 65.2. The van der Waals surface area contributed by atoms with E-state index in [1.54, 1.807) is 12.1 Å². The number of imide groups is 1. The average molecular weight is 635 g/mol. The van der Waals surface area contributed by atoms with E-state index >= 15 is 0 Å². The summed E-state index contributed by atoms with van der Waals surface area (Å²) in [5, 5.41) is 19.4. The van der Waals surface area contributed by atoms with Crippen LogP contribution in [0.5, 0.6) is 11.5 Å². The number of allylic oxidation sites excluding steroid dienone is 6. The maximum absolute atomic E-state index is 13.5. The Labute approximate surface area is 228 Å². The number of fused-ring (bicyclic) bond motifs is 3. The Morgan fingerprint density at radius 1 is 1.14 bits per heavy atom. The molecule has 4 unspecified atom stereocenters. The number of aromatic hydroxyl groups is 1. The number of hydrogen-bond donors (Lipinski definition) is 2. The number of methoxy groups -OCH3 is 1. The summed E-state index contributed by atoms with van der Waals surface area (Å²) >= 11 is 6.51. The van der Waals surface area contributed by atoms with Gasteiger partial charge in [0.1, 0.15) is 0 Å². The second-order valence-corrected chi connectivity index (χ2v) is 11.1. The van der Waals surface area contributed by atoms with Crippen LogP contribution in [0.25, 0.3) is 0 Å². The van der Waals surface area contributed by atoms with Gasteiger partial charge in [0.15, 0.2) is 23.1 Å². The first-order valence-corrected chi connectivity index (χ1v) is 13.2. The van der Waals surface area contributed by atoms with E-state index < -0.39 is 41.5 Å². The number of ether oxygens (including phenoxy) is 1. The summed E-state index contributed by atoms with van der Waals surface area (Å²) in [6, 6.07) is 3.24. The maximum atomic E-state index is 13.5. The zero-order valence-electron chi connectivity index (χ0n) is 19.5. The van der Waals surface area contributed by atoms with Gasteiger partial charge in [-0.15, -0.1) is 0 Å². The molecular weight excluding hydrogens is 614 g/mol. The van der Waals surface area contributed by atoms with Gasteiger partial charge < -0.3 is 14.9 Å². The summed E-state index contributed by atoms with van der Waals surface area (Å²) in [6.45, 7) is -0.215. The van der Waals surface area contributed by atoms with Crippen LogP contribution in [0.3, 0.4) is 0 Å². The summed E-state index contributed by atoms with van der Waals surface area (Å²) in [5.74, 6) is -5.31. The molecule has 0 radical (unpaired) electrons. The number of carboxylic acid groups (broad SMARTS) is 1. The lowest BCUT2D eigenvalue weighted by Gasteiger charge is -2.42. The predicted molar refractivity (Wildman–Crippen MR) is 136 cm³/mol. The van der Waals surface area contributed by atoms with Crippen LogP contribution >= 0.6 is 31.9 Å². The van der Waals surface area contributed by atoms with Crippen molar-refractivity contribution in [3.63, 3.8) is 0 Å². The third-order valence-electron chi connectivity index (χ3n) is 7.58. The second-order valence-electron chi connectivity index (χ2n) is 9.42. The fourth-order valence-electron chi connectivity index (χ4n) is 6.00. The van der Waals surface area contributed by atoms with Crippen LogP contribution < -0.4 is 4.74 Å². The molecule has 5 rings (SSSR count). The molecule has 1 heterocycles. The smallest absolute Gasteiger partial charge is 0.305 e. The number of nitrogens with zero attached hydrogens (tertiary/aromatic N) is 1. The van der Waals surface area contributed by atoms with E-state index in [0.717, 1.165) is 10.5 Å². The number of hydrogen-bond acceptors (Lipinski definition) is 7. The van der Waals surface area contributed by atoms with Crippen LogP contribution in [0.4, 0.5) is 0 Å². The van der Waals surface area contributed by atoms with E-state index in [9.17, 15) is 29.1 Å². The molecule has 1 aromatic carbocycles. The summed E-state index contributed by atoms with van der Waals surface area (Å²) < 4.78 is 5.77. The van der Waals surface area contributed by atoms with E-state index in [0.29, 0.717) is 15.6 Å². The lowest BCUT2D eigenvalue weighted by atomic mass is 9.59. The highest BCUT2D eigenvalue weighted by molar-refractivity contribution is 9.12. The average Bonchev–Trinajstić information content (AvgIpc) is 3.10. The largest absolute Gasteiger partial charge is 0.503 e. The molecule has 0 spiro atoms. The van der Waals surface area contributed by atoms with E-state index in [-0.39, 0.29) is 58.9 Å². The summed E-state index contributed by atoms with van der Waals surface area (Å²) in [5.41, 5.74) is 1.90. The standard InChI is InChI=1S/C26H21Br2NO8/c1-37-18-7-10(6-15(27)24(18)34)20-11-2-3-12-21(26(36)29(25(12)35)5-4-19(31)32)13(11)8-14-22(20)17(30)9-16(28)23(14)33/h2,6-7,9,12-13,20-21,34H,3-5,8H2,1H3,(H,31,32). The first kappa shape index (κ1) is 25.6. The maximum Gasteiger partial charge on any atom is 0.305 e. The topological polar surface area (TPSA) is 138 Å². The molecule has 2 N–H and O–H groups in total. The highest BCUT2D eigenvalue weighted by Crippen LogP contribution is 2.56. The van der Waals surface area contributed by atoms with Crippen LogP contribution in [0.2, 0.25) is 0 Å². The number of ketones is 2. The predicted octanol–water partition coefficient (Wildman–Crippen LogP) is 3.40. The van der Waals surface area contributed by atoms with Crippen molar-refractivity contribution in [3.05, 3.63) is 55.5 Å². The number of likely N-dealkylation sites (tertiary alicyclic amines) is 1. The van der Waals surface area contributed by atoms with Gasteiger partial charge in [0.05, 0.1) is 34.3 Å². The molecule has 192 valence electrons. The summed E-state index contributed by atoms with van der Waals surface area (Å²) in [7, 11) is 1.40. The van der Waals surface area contributed by atoms with Crippen LogP contribution in [0.15, 0.2) is 50.0 Å². The number of amides is 2. The van der Waals surface area contributed by atoms with Crippen molar-refractivity contribution >= 4 is 61.2 Å². The molecule has 0 bridgehead atoms. The SMILES string of the molecule is COc1cc(C2C3=CCC4C(=O)N(CCC(=O)O)C(=O)C4C3CC3=C2C(=O)C=C(Br)C3=O)cc(Br)c1O. The quantitative estimate of drug-likeness (QED) is 0.286. The van der Waals surface area contributed by atoms with Gasteiger partial charge in [0, 0.05) is 29.7 Å². The van der Waals surface area contributed by atoms with Crippen molar-refractivity contribution in [2.24, 2.45) is 17.8 Å². The molecule has 4 aliphatic rings. The van der Waals surface area contributed by atoms with Crippen LogP contribution in [0, 0.1) is 17.8 Å². The first-order valence-electron chi connectivity index (χ1n) is 11.6. The van der Waals surface area contributed by atoms with Crippen molar-refractivity contribution < 1.29 is 38.9 Å². The van der Waals surface area contributed by atoms with Gasteiger partial charge in [-0.1, -0.05) is 11.6 Å². The zero-order chi connectivity index (χ0) is 26.8. The lowest BCUT2D eigenvalue weighted by molar-refractivity contribution is -0.142. The van der Waals surface area contributed by atoms with Gasteiger partial charge >= 0.3 is 5.97 Å². The lowest BCUT2D eigenvalue weighted by Crippen LogP contribution is -2.39. The third-order valence-corrected chi connectivity index (χ3v) is 8.77. The minimum Gasteiger partial charge on any atom is -0.503 e. The van der Waals surface area contributed by atoms with Gasteiger partial charge in [-0.25, -0.2) is 0 Å². The molecule has 1 aliphatic heterocycles. The fourth-order valence-corrected chi connectivity index (χ4v) is 6.90. The molecule has 37 heavy (non-hydrogen) atoms. The van der Waals surface area contributed by atoms with Crippen molar-refractivity contribution in [1.82, 2.24) is 4.90 Å². The first-order chi connectivity index (χ1) is 17.5. The molecule has 1 saturated heterocycles. The normalized spacial score (nSPS) is 26.9. The number of benzene rings is 1. The number of carbonyl (C=O) groups excluding carboxylic acids is 4. The molecule has 11 heteroatoms. The third kappa shape index (κ3) is 3.99. The Morgan fingerprint density at radius 3 is 2.54 bits per heavy atom. The molecule has 4 atom stereocenters. The van der Waals surface area contributed by atoms with Gasteiger partial charge in [0.25, 0.3) is 0 Å². The van der Waals surface area contributed by atoms with Gasteiger partial charge in [-0.2, -0.15) is 0 Å². The van der Waals surface area contributed by atoms with E-state index in [4.69, 9.17) is 9.84 Å². The Kier molecular flexibility index (Phi) is 6.47. The number of carbonyl (C=O) groups is 5. The molecule has 1 fully saturated rings. The van der Waals surface area contributed by atoms with Crippen molar-refractivity contribution in [1.29, 1.82) is 0 Å². The van der Waals surface area contributed by atoms with Crippen LogP contribution in [-0.4, -0.2) is 58.1 Å². The van der Waals surface area contributed by atoms with Crippen molar-refractivity contribution in [3.8, 4) is 11.5 Å². The number of rotatable bonds is 5. The van der Waals surface area contributed by atoms with Crippen molar-refractivity contribution in [2.45, 2.75) is 25.2 Å². The number of aliphatic carboxylic acids is 1. The number of phenols is 1. The molecule has 0 saturated carbocycles. The highest BCUT2D eigenvalue weighted by Gasteiger charge is 2.56. The molecule has 3 aliphatic carbocycles. The molecular formula is C26H21Br2NO8. The van der Waals surface area contributed by atoms with Crippen LogP contribution in [0.1, 0.15) is 30.7 Å². The van der Waals surface area contributed by atoms with Crippen molar-refractivity contribution in [2.75, 3.05) is 13.7 Å². The number of phenolic OH excluding ortho intramolecular Hbond substituents is 1. The number of halogens is 2. The number of carboxylic acids is 1. The van der Waals surface area contributed by atoms with E-state index in [1.165, 1.54) is 13.2 Å². The Morgan fingerprint density at radius 2 is 1.86 bits per heavy atom. The fraction of sp³-hybridized carbons (Fsp3) is 0.346. The summed E-state index contributed by atoms with van der Waals surface area (Å²) in [6.07, 6.45) is 3.11. The van der Waals surface area contributed by atoms with Gasteiger partial charge in [-0.05, 0) is 68.3 Å². The van der Waals surface area contributed by atoms with E-state index in [2.05, 4.69) is 31.9 Å². The minimum atomic E-state index is -1.11. The Bertz CT molecular complexity index is 1390. The molecule has 2 amide bonds. The minimum absolute atomic E-state index is 0.106. The molecule has 1 aromatic rings. The van der Waals surface area contributed by atoms with Gasteiger partial charge in [-0.3, -0.25) is 28.9 Å². The van der Waals surface area contributed by atoms with Crippen LogP contribution in [-0.2, 0) is 24.0 Å². The molecule has 9 nitrogen and oxygen atoms in total. The van der Waals surface area contributed by atoms with Gasteiger partial charge in [0.2, 0.25) is 11.8 Å². The zero-order valence-corrected chi connectivity index (χ0v) is 22.7. The Balaban J connectivity index is 1.65. The second kappa shape index (κ2) is 9.36. The monoisotopic (exact) mass is 633 g/mol. The Hall–Kier alpha value is -3.05. The highest BCUT2D eigenvalue weighted by atomic mass is 79.9. The molecule has 0 aromatic heterocycles. The van der Waals surface area contributed by atoms with E-state index in [1.807, 2.05) is 6.08 Å². The number of Topliss-reactive ketones (excluding diaryl/α,β-unsaturated/α-hetero) is 1.